The summed E-state index contributed by atoms with van der Waals surface area (Å²) in [6.07, 6.45) is 5.26. The van der Waals surface area contributed by atoms with E-state index in [1.807, 2.05) is 24.3 Å². The molecule has 0 amide bonds. The second-order valence-corrected chi connectivity index (χ2v) is 7.16. The Morgan fingerprint density at radius 1 is 1.07 bits per heavy atom. The van der Waals surface area contributed by atoms with Crippen LogP contribution in [0.25, 0.3) is 33.4 Å². The monoisotopic (exact) mass is 424 g/mol. The fraction of sp³-hybridized carbons (Fsp3) is 0.0870. The van der Waals surface area contributed by atoms with Gasteiger partial charge in [-0.2, -0.15) is 0 Å². The van der Waals surface area contributed by atoms with Crippen molar-refractivity contribution < 1.29 is 14.3 Å². The van der Waals surface area contributed by atoms with Crippen LogP contribution >= 0.6 is 23.2 Å². The van der Waals surface area contributed by atoms with E-state index >= 15 is 0 Å². The van der Waals surface area contributed by atoms with Gasteiger partial charge >= 0.3 is 0 Å². The highest BCUT2D eigenvalue weighted by molar-refractivity contribution is 6.33. The summed E-state index contributed by atoms with van der Waals surface area (Å²) in [6.45, 7) is -0.102. The number of ether oxygens (including phenoxy) is 1. The fourth-order valence-electron chi connectivity index (χ4n) is 3.31. The van der Waals surface area contributed by atoms with Gasteiger partial charge in [-0.05, 0) is 23.3 Å². The van der Waals surface area contributed by atoms with E-state index in [1.165, 1.54) is 6.07 Å². The van der Waals surface area contributed by atoms with Gasteiger partial charge in [0.2, 0.25) is 5.43 Å². The average Bonchev–Trinajstić information content (AvgIpc) is 2.72. The van der Waals surface area contributed by atoms with Crippen molar-refractivity contribution in [3.05, 3.63) is 74.4 Å². The summed E-state index contributed by atoms with van der Waals surface area (Å²) in [5.41, 5.74) is 2.99. The van der Waals surface area contributed by atoms with Crippen molar-refractivity contribution in [1.82, 2.24) is 0 Å². The molecule has 4 nitrogen and oxygen atoms in total. The lowest BCUT2D eigenvalue weighted by Crippen LogP contribution is -2.03. The smallest absolute Gasteiger partial charge is 0.200 e. The highest BCUT2D eigenvalue weighted by Gasteiger charge is 2.22. The molecule has 0 spiro atoms. The Morgan fingerprint density at radius 2 is 1.86 bits per heavy atom. The van der Waals surface area contributed by atoms with Crippen LogP contribution in [0.5, 0.6) is 5.75 Å². The summed E-state index contributed by atoms with van der Waals surface area (Å²) in [5, 5.41) is 11.0. The third-order valence-electron chi connectivity index (χ3n) is 4.59. The highest BCUT2D eigenvalue weighted by Crippen LogP contribution is 2.44. The molecule has 1 heterocycles. The molecule has 0 bridgehead atoms. The molecule has 0 radical (unpaired) electrons. The van der Waals surface area contributed by atoms with Gasteiger partial charge in [-0.15, -0.1) is 6.42 Å². The summed E-state index contributed by atoms with van der Waals surface area (Å²) in [4.78, 5) is 12.1. The van der Waals surface area contributed by atoms with E-state index in [0.29, 0.717) is 38.6 Å². The molecular weight excluding hydrogens is 411 g/mol. The van der Waals surface area contributed by atoms with Crippen molar-refractivity contribution in [2.75, 3.05) is 6.61 Å². The van der Waals surface area contributed by atoms with E-state index in [4.69, 9.17) is 38.8 Å². The fourth-order valence-corrected chi connectivity index (χ4v) is 3.70. The lowest BCUT2D eigenvalue weighted by Gasteiger charge is -2.18. The largest absolute Gasteiger partial charge is 0.479 e. The molecule has 1 N–H and O–H groups in total. The van der Waals surface area contributed by atoms with Gasteiger partial charge in [-0.25, -0.2) is 0 Å². The maximum absolute atomic E-state index is 12.1. The Hall–Kier alpha value is -2.97. The summed E-state index contributed by atoms with van der Waals surface area (Å²) in [5.74, 6) is 3.13. The molecule has 0 atom stereocenters. The number of benzene rings is 3. The van der Waals surface area contributed by atoms with Crippen LogP contribution in [-0.2, 0) is 6.61 Å². The Kier molecular flexibility index (Phi) is 5.21. The number of halogens is 2. The molecule has 0 fully saturated rings. The van der Waals surface area contributed by atoms with Crippen LogP contribution in [0.2, 0.25) is 10.0 Å². The number of terminal acetylenes is 1. The normalized spacial score (nSPS) is 11.0. The molecule has 1 aliphatic carbocycles. The Labute approximate surface area is 176 Å². The van der Waals surface area contributed by atoms with E-state index in [0.717, 1.165) is 11.1 Å². The van der Waals surface area contributed by atoms with E-state index in [1.54, 1.807) is 18.2 Å². The van der Waals surface area contributed by atoms with Crippen LogP contribution in [0.15, 0.2) is 57.7 Å². The van der Waals surface area contributed by atoms with Gasteiger partial charge in [-0.3, -0.25) is 4.79 Å². The average molecular weight is 425 g/mol. The Bertz CT molecular complexity index is 1300. The third-order valence-corrected chi connectivity index (χ3v) is 5.19. The van der Waals surface area contributed by atoms with Crippen molar-refractivity contribution in [1.29, 1.82) is 0 Å². The minimum atomic E-state index is -0.346. The van der Waals surface area contributed by atoms with Crippen molar-refractivity contribution in [2.24, 2.45) is 0 Å². The van der Waals surface area contributed by atoms with Gasteiger partial charge in [0.05, 0.1) is 16.7 Å². The molecule has 0 saturated heterocycles. The van der Waals surface area contributed by atoms with Crippen molar-refractivity contribution in [2.45, 2.75) is 6.61 Å². The summed E-state index contributed by atoms with van der Waals surface area (Å²) < 4.78 is 11.5. The van der Waals surface area contributed by atoms with Crippen LogP contribution in [0, 0.1) is 12.3 Å². The third kappa shape index (κ3) is 3.45. The number of aliphatic hydroxyl groups is 1. The molecule has 2 aliphatic rings. The second kappa shape index (κ2) is 7.81. The van der Waals surface area contributed by atoms with Gasteiger partial charge in [-0.1, -0.05) is 53.4 Å². The molecule has 4 rings (SSSR count). The zero-order valence-corrected chi connectivity index (χ0v) is 16.6. The zero-order valence-electron chi connectivity index (χ0n) is 15.0. The van der Waals surface area contributed by atoms with Crippen LogP contribution < -0.4 is 10.2 Å². The van der Waals surface area contributed by atoms with Gasteiger partial charge in [0.1, 0.15) is 23.7 Å². The molecule has 1 aliphatic heterocycles. The van der Waals surface area contributed by atoms with Crippen molar-refractivity contribution >= 4 is 34.2 Å². The molecule has 2 aromatic rings. The standard InChI is InChI=1S/C23H14Cl2O4/c1-2-7-28-22-11-21-16(9-18(22)25)23(14-6-4-3-5-13(14)12-26)15-8-17(24)19(27)10-20(15)29-21/h1,3-6,8-11,26H,7,12H2. The maximum atomic E-state index is 12.1. The van der Waals surface area contributed by atoms with E-state index in [-0.39, 0.29) is 23.7 Å². The van der Waals surface area contributed by atoms with E-state index in [9.17, 15) is 9.90 Å². The number of rotatable bonds is 4. The quantitative estimate of drug-likeness (QED) is 0.353. The number of hydrogen-bond donors (Lipinski definition) is 1. The first-order valence-corrected chi connectivity index (χ1v) is 9.44. The lowest BCUT2D eigenvalue weighted by atomic mass is 9.91. The van der Waals surface area contributed by atoms with Gasteiger partial charge < -0.3 is 14.3 Å². The number of aliphatic hydroxyl groups excluding tert-OH is 1. The van der Waals surface area contributed by atoms with E-state index in [2.05, 4.69) is 5.92 Å². The Morgan fingerprint density at radius 3 is 2.62 bits per heavy atom. The molecule has 2 aromatic carbocycles. The van der Waals surface area contributed by atoms with Crippen LogP contribution in [0.4, 0.5) is 0 Å². The first kappa shape index (κ1) is 19.4. The predicted octanol–water partition coefficient (Wildman–Crippen LogP) is 5.38. The van der Waals surface area contributed by atoms with Crippen LogP contribution in [0.3, 0.4) is 0 Å². The second-order valence-electron chi connectivity index (χ2n) is 6.34. The highest BCUT2D eigenvalue weighted by atomic mass is 35.5. The topological polar surface area (TPSA) is 59.7 Å². The minimum absolute atomic E-state index is 0.0549. The van der Waals surface area contributed by atoms with Gasteiger partial charge in [0.25, 0.3) is 0 Å². The maximum Gasteiger partial charge on any atom is 0.200 e. The number of fused-ring (bicyclic) bond motifs is 2. The van der Waals surface area contributed by atoms with Gasteiger partial charge in [0.15, 0.2) is 0 Å². The zero-order chi connectivity index (χ0) is 20.5. The predicted molar refractivity (Wildman–Crippen MR) is 115 cm³/mol. The van der Waals surface area contributed by atoms with Gasteiger partial charge in [0, 0.05) is 28.6 Å². The van der Waals surface area contributed by atoms with Crippen molar-refractivity contribution in [3.63, 3.8) is 0 Å². The molecular formula is C23H14Cl2O4. The summed E-state index contributed by atoms with van der Waals surface area (Å²) >= 11 is 12.5. The molecule has 6 heteroatoms. The summed E-state index contributed by atoms with van der Waals surface area (Å²) in [6, 6.07) is 13.7. The molecule has 144 valence electrons. The minimum Gasteiger partial charge on any atom is -0.479 e. The molecule has 29 heavy (non-hydrogen) atoms. The first-order valence-electron chi connectivity index (χ1n) is 8.68. The summed E-state index contributed by atoms with van der Waals surface area (Å²) in [7, 11) is 0. The SMILES string of the molecule is C#CCOc1cc2oc3cc(=O)c(Cl)cc-3c(-c3ccccc3CO)c2cc1Cl. The molecule has 0 saturated carbocycles. The lowest BCUT2D eigenvalue weighted by molar-refractivity contribution is 0.282. The van der Waals surface area contributed by atoms with E-state index < -0.39 is 0 Å². The van der Waals surface area contributed by atoms with Crippen molar-refractivity contribution in [3.8, 4) is 40.5 Å². The molecule has 0 unspecified atom stereocenters. The van der Waals surface area contributed by atoms with Crippen LogP contribution in [0.1, 0.15) is 5.56 Å². The Balaban J connectivity index is 2.15. The number of hydrogen-bond acceptors (Lipinski definition) is 4. The first-order chi connectivity index (χ1) is 14.0. The van der Waals surface area contributed by atoms with Crippen LogP contribution in [-0.4, -0.2) is 11.7 Å². The molecule has 0 aromatic heterocycles.